The molecule has 67 heavy (non-hydrogen) atoms. The molecular weight excluding hydrogens is 819 g/mol. The molecule has 0 saturated heterocycles. The number of fused-ring (bicyclic) bond motifs is 14. The number of hydrogen-bond donors (Lipinski definition) is 0. The van der Waals surface area contributed by atoms with Gasteiger partial charge in [0.05, 0.1) is 8.22 Å². The fraction of sp³-hybridized carbons (Fsp3) is 0. The van der Waals surface area contributed by atoms with Crippen molar-refractivity contribution in [3.05, 3.63) is 224 Å². The van der Waals surface area contributed by atoms with E-state index in [0.29, 0.717) is 51.0 Å². The predicted octanol–water partition coefficient (Wildman–Crippen LogP) is 17.4. The maximum Gasteiger partial charge on any atom is 0.227 e. The first-order valence-electron chi connectivity index (χ1n) is 25.1. The summed E-state index contributed by atoms with van der Waals surface area (Å²) < 4.78 is 70.6. The molecule has 14 aromatic rings. The highest BCUT2D eigenvalue weighted by Crippen LogP contribution is 2.42. The number of anilines is 3. The Morgan fingerprint density at radius 2 is 0.761 bits per heavy atom. The van der Waals surface area contributed by atoms with Crippen LogP contribution in [0.5, 0.6) is 0 Å². The van der Waals surface area contributed by atoms with Crippen molar-refractivity contribution in [1.82, 2.24) is 9.97 Å². The van der Waals surface area contributed by atoms with Gasteiger partial charge >= 0.3 is 0 Å². The maximum atomic E-state index is 9.88. The first-order chi connectivity index (χ1) is 35.7. The van der Waals surface area contributed by atoms with Gasteiger partial charge in [-0.05, 0) is 127 Å². The van der Waals surface area contributed by atoms with Crippen LogP contribution in [0.15, 0.2) is 233 Å². The van der Waals surface area contributed by atoms with Crippen LogP contribution < -0.4 is 4.90 Å². The Morgan fingerprint density at radius 1 is 0.328 bits per heavy atom. The highest BCUT2D eigenvalue weighted by Gasteiger charge is 2.20. The topological polar surface area (TPSA) is 55.3 Å². The molecular formula is C62H37N3O2. The summed E-state index contributed by atoms with van der Waals surface area (Å²) >= 11 is 0. The highest BCUT2D eigenvalue weighted by molar-refractivity contribution is 6.24. The van der Waals surface area contributed by atoms with Gasteiger partial charge in [0, 0.05) is 49.7 Å². The van der Waals surface area contributed by atoms with E-state index in [1.807, 2.05) is 152 Å². The Labute approximate surface area is 392 Å². The second-order valence-corrected chi connectivity index (χ2v) is 16.8. The molecule has 0 spiro atoms. The molecule has 2 heterocycles. The Bertz CT molecular complexity index is 4300. The third-order valence-electron chi connectivity index (χ3n) is 12.9. The molecule has 5 heteroatoms. The summed E-state index contributed by atoms with van der Waals surface area (Å²) in [5, 5.41) is 9.99. The summed E-state index contributed by atoms with van der Waals surface area (Å²) in [5.74, 6) is 0.845. The van der Waals surface area contributed by atoms with Gasteiger partial charge in [0.15, 0.2) is 11.2 Å². The average Bonchev–Trinajstić information content (AvgIpc) is 4.10. The molecule has 0 fully saturated rings. The molecule has 0 unspecified atom stereocenters. The molecule has 0 radical (unpaired) electrons. The zero-order valence-electron chi connectivity index (χ0n) is 41.6. The largest absolute Gasteiger partial charge is 0.435 e. The fourth-order valence-electron chi connectivity index (χ4n) is 9.68. The van der Waals surface area contributed by atoms with E-state index in [9.17, 15) is 8.22 Å². The molecule has 0 atom stereocenters. The second-order valence-electron chi connectivity index (χ2n) is 16.8. The van der Waals surface area contributed by atoms with Gasteiger partial charge in [-0.1, -0.05) is 152 Å². The molecule has 2 aromatic heterocycles. The number of oxazole rings is 2. The van der Waals surface area contributed by atoms with Crippen molar-refractivity contribution in [3.8, 4) is 34.0 Å². The zero-order chi connectivity index (χ0) is 49.2. The Kier molecular flexibility index (Phi) is 6.98. The molecule has 0 saturated carbocycles. The third kappa shape index (κ3) is 6.02. The molecule has 0 bridgehead atoms. The Balaban J connectivity index is 0.939. The van der Waals surface area contributed by atoms with Crippen molar-refractivity contribution < 1.29 is 17.1 Å². The van der Waals surface area contributed by atoms with E-state index in [0.717, 1.165) is 64.9 Å². The van der Waals surface area contributed by atoms with Crippen molar-refractivity contribution >= 4 is 104 Å². The summed E-state index contributed by atoms with van der Waals surface area (Å²) in [7, 11) is 0. The summed E-state index contributed by atoms with van der Waals surface area (Å²) in [6.45, 7) is 0. The molecule has 0 amide bonds. The molecule has 0 aliphatic rings. The van der Waals surface area contributed by atoms with Crippen LogP contribution in [0, 0.1) is 0 Å². The van der Waals surface area contributed by atoms with Crippen LogP contribution in [0.4, 0.5) is 17.1 Å². The fourth-order valence-corrected chi connectivity index (χ4v) is 9.68. The van der Waals surface area contributed by atoms with E-state index >= 15 is 0 Å². The molecule has 12 aromatic carbocycles. The molecule has 0 aliphatic heterocycles. The third-order valence-corrected chi connectivity index (χ3v) is 12.9. The van der Waals surface area contributed by atoms with Crippen LogP contribution >= 0.6 is 0 Å². The summed E-state index contributed by atoms with van der Waals surface area (Å²) in [4.78, 5) is 11.8. The molecule has 0 aliphatic carbocycles. The minimum Gasteiger partial charge on any atom is -0.435 e. The van der Waals surface area contributed by atoms with Crippen molar-refractivity contribution in [2.75, 3.05) is 4.90 Å². The minimum absolute atomic E-state index is 0.0170. The summed E-state index contributed by atoms with van der Waals surface area (Å²) in [5.41, 5.74) is 6.10. The van der Waals surface area contributed by atoms with Gasteiger partial charge in [-0.2, -0.15) is 0 Å². The lowest BCUT2D eigenvalue weighted by Gasteiger charge is -2.26. The Morgan fingerprint density at radius 3 is 1.31 bits per heavy atom. The number of aromatic nitrogens is 2. The summed E-state index contributed by atoms with van der Waals surface area (Å²) in [6, 6.07) is 59.3. The van der Waals surface area contributed by atoms with E-state index < -0.39 is 0 Å². The van der Waals surface area contributed by atoms with E-state index in [2.05, 4.69) is 36.4 Å². The van der Waals surface area contributed by atoms with Crippen LogP contribution in [-0.4, -0.2) is 9.97 Å². The summed E-state index contributed by atoms with van der Waals surface area (Å²) in [6.07, 6.45) is 0. The lowest BCUT2D eigenvalue weighted by molar-refractivity contribution is 0.622. The smallest absolute Gasteiger partial charge is 0.227 e. The van der Waals surface area contributed by atoms with Gasteiger partial charge < -0.3 is 13.7 Å². The lowest BCUT2D eigenvalue weighted by atomic mass is 9.98. The molecule has 0 N–H and O–H groups in total. The van der Waals surface area contributed by atoms with Crippen molar-refractivity contribution in [1.29, 1.82) is 0 Å². The van der Waals surface area contributed by atoms with E-state index in [-0.39, 0.29) is 58.3 Å². The van der Waals surface area contributed by atoms with Crippen LogP contribution in [0.25, 0.3) is 121 Å². The van der Waals surface area contributed by atoms with Crippen LogP contribution in [0.1, 0.15) is 8.22 Å². The predicted molar refractivity (Wildman–Crippen MR) is 278 cm³/mol. The van der Waals surface area contributed by atoms with E-state index in [1.165, 1.54) is 0 Å². The Hall–Kier alpha value is -9.06. The van der Waals surface area contributed by atoms with Crippen molar-refractivity contribution in [3.63, 3.8) is 0 Å². The first-order valence-corrected chi connectivity index (χ1v) is 22.1. The first kappa shape index (κ1) is 31.7. The molecule has 14 rings (SSSR count). The van der Waals surface area contributed by atoms with Crippen LogP contribution in [0.2, 0.25) is 0 Å². The van der Waals surface area contributed by atoms with Crippen molar-refractivity contribution in [2.45, 2.75) is 0 Å². The minimum atomic E-state index is -0.323. The maximum absolute atomic E-state index is 9.88. The van der Waals surface area contributed by atoms with Gasteiger partial charge in [0.1, 0.15) is 11.0 Å². The lowest BCUT2D eigenvalue weighted by Crippen LogP contribution is -2.09. The molecule has 312 valence electrons. The van der Waals surface area contributed by atoms with Gasteiger partial charge in [0.2, 0.25) is 11.8 Å². The monoisotopic (exact) mass is 861 g/mol. The van der Waals surface area contributed by atoms with E-state index in [1.54, 1.807) is 4.90 Å². The highest BCUT2D eigenvalue weighted by atomic mass is 16.4. The zero-order valence-corrected chi connectivity index (χ0v) is 35.6. The quantitative estimate of drug-likeness (QED) is 0.156. The standard InChI is InChI=1S/C62H37N3O2/c1-2-12-41-35-42(22-21-38(41)11-1)43-23-24-45-37-48(34-29-44(45)36-43)65(46-30-25-39(26-31-46)61-63-57-53-17-7-3-13-49(53)51-15-5-9-19-55(51)59(57)66-61)47-32-27-40(28-33-47)62-64-58-54-18-8-4-14-50(54)52-16-6-10-20-56(52)60(58)67-62/h1-37H/i23D,24D,29D,34D,36D,37D. The SMILES string of the molecule is [2H]c1c(N(c2ccc(-c3nc4c5ccccc5c5ccccc5c4o3)cc2)c2ccc(-c3nc4c5ccccc5c5ccccc5c4o3)cc2)c([2H])c2c([2H])c([2H])c(-c3ccc4ccccc4c3)c([2H])c2c1[2H]. The molecule has 5 nitrogen and oxygen atoms in total. The van der Waals surface area contributed by atoms with Crippen LogP contribution in [-0.2, 0) is 0 Å². The van der Waals surface area contributed by atoms with Crippen LogP contribution in [0.3, 0.4) is 0 Å². The van der Waals surface area contributed by atoms with Gasteiger partial charge in [-0.25, -0.2) is 9.97 Å². The van der Waals surface area contributed by atoms with Gasteiger partial charge in [-0.3, -0.25) is 0 Å². The normalized spacial score (nSPS) is 13.1. The number of benzene rings is 12. The average molecular weight is 862 g/mol. The van der Waals surface area contributed by atoms with Crippen molar-refractivity contribution in [2.24, 2.45) is 0 Å². The number of hydrogen-bond acceptors (Lipinski definition) is 5. The van der Waals surface area contributed by atoms with Gasteiger partial charge in [0.25, 0.3) is 0 Å². The number of nitrogens with zero attached hydrogens (tertiary/aromatic N) is 3. The second kappa shape index (κ2) is 14.7. The van der Waals surface area contributed by atoms with Gasteiger partial charge in [-0.15, -0.1) is 0 Å². The number of rotatable bonds is 6. The van der Waals surface area contributed by atoms with E-state index in [4.69, 9.17) is 18.8 Å².